The highest BCUT2D eigenvalue weighted by molar-refractivity contribution is 6.84. The van der Waals surface area contributed by atoms with E-state index in [0.717, 1.165) is 31.4 Å². The first-order valence-corrected chi connectivity index (χ1v) is 17.2. The van der Waals surface area contributed by atoms with Gasteiger partial charge in [0, 0.05) is 6.04 Å². The zero-order chi connectivity index (χ0) is 20.1. The molecule has 0 amide bonds. The number of fused-ring (bicyclic) bond motifs is 2. The fourth-order valence-electron chi connectivity index (χ4n) is 4.02. The van der Waals surface area contributed by atoms with Crippen LogP contribution in [0.3, 0.4) is 0 Å². The summed E-state index contributed by atoms with van der Waals surface area (Å²) in [6, 6.07) is 2.37. The van der Waals surface area contributed by atoms with Crippen molar-refractivity contribution < 1.29 is 21.5 Å². The number of hydrogen-bond donors (Lipinski definition) is 3. The summed E-state index contributed by atoms with van der Waals surface area (Å²) in [4.78, 5) is 0. The number of nitrogens with two attached hydrogens (primary N) is 3. The van der Waals surface area contributed by atoms with Crippen molar-refractivity contribution in [3.63, 3.8) is 0 Å². The lowest BCUT2D eigenvalue weighted by atomic mass is 10.1. The second-order valence-electron chi connectivity index (χ2n) is 8.06. The Morgan fingerprint density at radius 1 is 0.667 bits per heavy atom. The minimum atomic E-state index is -3.00. The molecule has 0 aromatic heterocycles. The van der Waals surface area contributed by atoms with E-state index < -0.39 is 25.9 Å². The van der Waals surface area contributed by atoms with Crippen molar-refractivity contribution in [2.24, 2.45) is 17.2 Å². The van der Waals surface area contributed by atoms with E-state index in [1.165, 1.54) is 0 Å². The first-order chi connectivity index (χ1) is 12.7. The summed E-state index contributed by atoms with van der Waals surface area (Å²) in [7, 11) is -7.98. The molecule has 6 N–H and O–H groups in total. The summed E-state index contributed by atoms with van der Waals surface area (Å²) < 4.78 is 33.1. The van der Waals surface area contributed by atoms with Gasteiger partial charge in [0.05, 0.1) is 18.3 Å². The van der Waals surface area contributed by atoms with Gasteiger partial charge in [-0.25, -0.2) is 0 Å². The van der Waals surface area contributed by atoms with Gasteiger partial charge < -0.3 is 38.7 Å². The van der Waals surface area contributed by atoms with Gasteiger partial charge in [-0.05, 0) is 77.9 Å². The van der Waals surface area contributed by atoms with E-state index in [1.807, 2.05) is 0 Å². The van der Waals surface area contributed by atoms with Crippen molar-refractivity contribution in [3.05, 3.63) is 0 Å². The molecular formula is C16H39N3O5Si3. The summed E-state index contributed by atoms with van der Waals surface area (Å²) in [6.45, 7) is 10.2. The van der Waals surface area contributed by atoms with Crippen LogP contribution in [0.2, 0.25) is 31.2 Å². The first kappa shape index (κ1) is 23.6. The Hall–Kier alpha value is 0.331. The summed E-state index contributed by atoms with van der Waals surface area (Å²) in [6.07, 6.45) is 2.11. The molecule has 27 heavy (non-hydrogen) atoms. The van der Waals surface area contributed by atoms with Gasteiger partial charge in [-0.15, -0.1) is 0 Å². The summed E-state index contributed by atoms with van der Waals surface area (Å²) in [5.74, 6) is 0. The molecule has 0 spiro atoms. The molecule has 6 atom stereocenters. The summed E-state index contributed by atoms with van der Waals surface area (Å²) in [5, 5.41) is 0. The molecule has 2 aliphatic heterocycles. The molecule has 8 nitrogen and oxygen atoms in total. The van der Waals surface area contributed by atoms with Gasteiger partial charge in [-0.1, -0.05) is 0 Å². The van der Waals surface area contributed by atoms with Gasteiger partial charge in [-0.3, -0.25) is 0 Å². The predicted molar refractivity (Wildman–Crippen MR) is 113 cm³/mol. The Morgan fingerprint density at radius 3 is 1.48 bits per heavy atom. The molecule has 2 bridgehead atoms. The van der Waals surface area contributed by atoms with Crippen LogP contribution in [0.5, 0.6) is 0 Å². The van der Waals surface area contributed by atoms with Crippen molar-refractivity contribution in [2.45, 2.75) is 82.6 Å². The lowest BCUT2D eigenvalue weighted by Crippen LogP contribution is -2.59. The molecule has 2 rings (SSSR count). The van der Waals surface area contributed by atoms with E-state index in [0.29, 0.717) is 25.7 Å². The molecule has 11 heteroatoms. The maximum atomic E-state index is 6.76. The highest BCUT2D eigenvalue weighted by atomic mass is 28.5. The smallest absolute Gasteiger partial charge is 0.393 e. The Morgan fingerprint density at radius 2 is 1.07 bits per heavy atom. The lowest BCUT2D eigenvalue weighted by molar-refractivity contribution is -0.00900. The zero-order valence-corrected chi connectivity index (χ0v) is 20.4. The Kier molecular flexibility index (Phi) is 8.65. The minimum Gasteiger partial charge on any atom is -0.393 e. The summed E-state index contributed by atoms with van der Waals surface area (Å²) in [5.41, 5.74) is 17.3. The average Bonchev–Trinajstić information content (AvgIpc) is 2.78. The fraction of sp³-hybridized carbons (Fsp3) is 1.00. The highest BCUT2D eigenvalue weighted by Gasteiger charge is 2.60. The first-order valence-electron chi connectivity index (χ1n) is 10.2. The molecule has 0 aliphatic carbocycles. The predicted octanol–water partition coefficient (Wildman–Crippen LogP) is 1.37. The van der Waals surface area contributed by atoms with Gasteiger partial charge in [0.15, 0.2) is 0 Å². The zero-order valence-electron chi connectivity index (χ0n) is 17.4. The average molecular weight is 438 g/mol. The van der Waals surface area contributed by atoms with Crippen molar-refractivity contribution in [2.75, 3.05) is 19.6 Å². The van der Waals surface area contributed by atoms with E-state index in [9.17, 15) is 0 Å². The molecular weight excluding hydrogens is 398 g/mol. The maximum Gasteiger partial charge on any atom is 0.483 e. The second-order valence-corrected chi connectivity index (χ2v) is 17.8. The van der Waals surface area contributed by atoms with E-state index in [1.54, 1.807) is 0 Å². The van der Waals surface area contributed by atoms with Crippen LogP contribution in [-0.4, -0.2) is 63.9 Å². The van der Waals surface area contributed by atoms with Crippen molar-refractivity contribution in [1.82, 2.24) is 0 Å². The van der Waals surface area contributed by atoms with Crippen LogP contribution in [0.4, 0.5) is 0 Å². The third-order valence-corrected chi connectivity index (χ3v) is 17.0. The highest BCUT2D eigenvalue weighted by Crippen LogP contribution is 2.40. The van der Waals surface area contributed by atoms with Crippen LogP contribution in [-0.2, 0) is 21.5 Å². The number of hydrogen-bond acceptors (Lipinski definition) is 8. The van der Waals surface area contributed by atoms with Crippen LogP contribution in [0.25, 0.3) is 0 Å². The topological polar surface area (TPSA) is 124 Å². The number of rotatable bonds is 9. The molecule has 1 unspecified atom stereocenters. The molecule has 0 saturated carbocycles. The normalized spacial score (nSPS) is 42.6. The Labute approximate surface area is 167 Å². The van der Waals surface area contributed by atoms with Gasteiger partial charge in [-0.2, -0.15) is 0 Å². The molecule has 0 radical (unpaired) electrons. The molecule has 2 heterocycles. The SMILES string of the molecule is C[C@@H]1O[Si@](C)(CCCN)O[Si]2(CCCN)O[C@@H]1[C@@H](C)O[Si@@](C)(CCCN)O2. The lowest BCUT2D eigenvalue weighted by Gasteiger charge is -2.39. The molecule has 160 valence electrons. The Balaban J connectivity index is 2.39. The minimum absolute atomic E-state index is 0.115. The van der Waals surface area contributed by atoms with Gasteiger partial charge >= 0.3 is 25.9 Å². The van der Waals surface area contributed by atoms with Crippen LogP contribution in [0.15, 0.2) is 0 Å². The van der Waals surface area contributed by atoms with E-state index in [2.05, 4.69) is 26.9 Å². The quantitative estimate of drug-likeness (QED) is 0.462. The Bertz CT molecular complexity index is 449. The van der Waals surface area contributed by atoms with Crippen molar-refractivity contribution >= 4 is 25.9 Å². The second kappa shape index (κ2) is 9.89. The van der Waals surface area contributed by atoms with E-state index in [4.69, 9.17) is 38.7 Å². The standard InChI is InChI=1S/C16H39N3O5Si3/c1-14-16-15(2)21-26(4,12-6-9-18)24-27(22-16,13-7-10-19)23-25(3,20-14)11-5-8-17/h14-16H,5-13,17-19H2,1-4H3/t14-,15+,16-,25-,26+,27?. The van der Waals surface area contributed by atoms with Crippen LogP contribution in [0.1, 0.15) is 33.1 Å². The van der Waals surface area contributed by atoms with Crippen LogP contribution in [0, 0.1) is 0 Å². The molecule has 2 saturated heterocycles. The van der Waals surface area contributed by atoms with Crippen molar-refractivity contribution in [3.8, 4) is 0 Å². The third kappa shape index (κ3) is 6.15. The summed E-state index contributed by atoms with van der Waals surface area (Å²) >= 11 is 0. The molecule has 0 aromatic rings. The van der Waals surface area contributed by atoms with Crippen LogP contribution >= 0.6 is 0 Å². The third-order valence-electron chi connectivity index (χ3n) is 5.21. The molecule has 2 aliphatic rings. The largest absolute Gasteiger partial charge is 0.483 e. The van der Waals surface area contributed by atoms with Gasteiger partial charge in [0.1, 0.15) is 0 Å². The monoisotopic (exact) mass is 437 g/mol. The van der Waals surface area contributed by atoms with Crippen LogP contribution < -0.4 is 17.2 Å². The maximum absolute atomic E-state index is 6.76. The van der Waals surface area contributed by atoms with Crippen molar-refractivity contribution in [1.29, 1.82) is 0 Å². The van der Waals surface area contributed by atoms with Gasteiger partial charge in [0.25, 0.3) is 0 Å². The molecule has 2 fully saturated rings. The van der Waals surface area contributed by atoms with E-state index >= 15 is 0 Å². The fourth-order valence-corrected chi connectivity index (χ4v) is 17.6. The van der Waals surface area contributed by atoms with Gasteiger partial charge in [0.2, 0.25) is 0 Å². The molecule has 0 aromatic carbocycles. The van der Waals surface area contributed by atoms with E-state index in [-0.39, 0.29) is 18.3 Å².